The number of halogens is 3. The van der Waals surface area contributed by atoms with E-state index in [1.807, 2.05) is 37.3 Å². The minimum absolute atomic E-state index is 0.156. The van der Waals surface area contributed by atoms with Gasteiger partial charge < -0.3 is 5.32 Å². The van der Waals surface area contributed by atoms with E-state index in [1.54, 1.807) is 0 Å². The molecule has 0 aliphatic carbocycles. The molecule has 2 aromatic rings. The Labute approximate surface area is 141 Å². The second-order valence-corrected chi connectivity index (χ2v) is 6.24. The monoisotopic (exact) mass is 341 g/mol. The number of rotatable bonds is 5. The smallest absolute Gasteiger partial charge is 0.0453 e. The molecule has 1 nitrogen and oxygen atoms in total. The van der Waals surface area contributed by atoms with Crippen molar-refractivity contribution in [3.05, 3.63) is 68.2 Å². The Hall–Kier alpha value is -0.730. The van der Waals surface area contributed by atoms with Crippen LogP contribution in [0.1, 0.15) is 29.7 Å². The Balaban J connectivity index is 2.33. The van der Waals surface area contributed by atoms with Gasteiger partial charge in [0.15, 0.2) is 0 Å². The molecule has 1 unspecified atom stereocenters. The first kappa shape index (κ1) is 16.6. The summed E-state index contributed by atoms with van der Waals surface area (Å²) in [6, 6.07) is 11.9. The average molecular weight is 343 g/mol. The van der Waals surface area contributed by atoms with Gasteiger partial charge in [-0.05, 0) is 54.8 Å². The molecule has 0 spiro atoms. The lowest BCUT2D eigenvalue weighted by molar-refractivity contribution is 0.549. The summed E-state index contributed by atoms with van der Waals surface area (Å²) in [5.74, 6) is 0. The fourth-order valence-corrected chi connectivity index (χ4v) is 3.04. The molecule has 112 valence electrons. The fourth-order valence-electron chi connectivity index (χ4n) is 2.37. The van der Waals surface area contributed by atoms with Crippen molar-refractivity contribution >= 4 is 34.8 Å². The number of nitrogens with one attached hydrogen (secondary N) is 1. The van der Waals surface area contributed by atoms with Gasteiger partial charge in [0, 0.05) is 21.1 Å². The zero-order chi connectivity index (χ0) is 15.4. The summed E-state index contributed by atoms with van der Waals surface area (Å²) in [6.07, 6.45) is 0.743. The van der Waals surface area contributed by atoms with Crippen LogP contribution in [-0.4, -0.2) is 6.54 Å². The predicted molar refractivity (Wildman–Crippen MR) is 92.8 cm³/mol. The van der Waals surface area contributed by atoms with Crippen molar-refractivity contribution in [2.75, 3.05) is 6.54 Å². The van der Waals surface area contributed by atoms with Crippen LogP contribution in [0.25, 0.3) is 0 Å². The van der Waals surface area contributed by atoms with Gasteiger partial charge in [0.05, 0.1) is 0 Å². The molecule has 0 saturated carbocycles. The summed E-state index contributed by atoms with van der Waals surface area (Å²) in [4.78, 5) is 0. The van der Waals surface area contributed by atoms with Gasteiger partial charge >= 0.3 is 0 Å². The van der Waals surface area contributed by atoms with Crippen LogP contribution in [0.3, 0.4) is 0 Å². The zero-order valence-electron chi connectivity index (χ0n) is 12.1. The Kier molecular flexibility index (Phi) is 5.95. The third-order valence-electron chi connectivity index (χ3n) is 3.50. The van der Waals surface area contributed by atoms with Gasteiger partial charge in [-0.2, -0.15) is 0 Å². The van der Waals surface area contributed by atoms with Gasteiger partial charge in [-0.15, -0.1) is 0 Å². The topological polar surface area (TPSA) is 12.0 Å². The molecule has 0 aromatic heterocycles. The summed E-state index contributed by atoms with van der Waals surface area (Å²) in [7, 11) is 0. The Bertz CT molecular complexity index is 605. The standard InChI is InChI=1S/C17H18Cl3N/c1-3-21-17(12-7-8-14(18)11(2)9-12)10-13-15(19)5-4-6-16(13)20/h4-9,17,21H,3,10H2,1-2H3. The van der Waals surface area contributed by atoms with Gasteiger partial charge in [0.1, 0.15) is 0 Å². The van der Waals surface area contributed by atoms with Crippen molar-refractivity contribution in [1.82, 2.24) is 5.32 Å². The maximum atomic E-state index is 6.28. The van der Waals surface area contributed by atoms with Gasteiger partial charge in [0.2, 0.25) is 0 Å². The largest absolute Gasteiger partial charge is 0.310 e. The summed E-state index contributed by atoms with van der Waals surface area (Å²) < 4.78 is 0. The molecule has 0 heterocycles. The predicted octanol–water partition coefficient (Wildman–Crippen LogP) is 5.85. The maximum Gasteiger partial charge on any atom is 0.0453 e. The third kappa shape index (κ3) is 4.14. The molecule has 0 fully saturated rings. The maximum absolute atomic E-state index is 6.28. The van der Waals surface area contributed by atoms with Crippen molar-refractivity contribution in [3.63, 3.8) is 0 Å². The Morgan fingerprint density at radius 3 is 2.24 bits per heavy atom. The highest BCUT2D eigenvalue weighted by molar-refractivity contribution is 6.36. The van der Waals surface area contributed by atoms with Crippen LogP contribution in [0, 0.1) is 6.92 Å². The minimum Gasteiger partial charge on any atom is -0.310 e. The molecule has 0 aliphatic rings. The summed E-state index contributed by atoms with van der Waals surface area (Å²) >= 11 is 18.7. The van der Waals surface area contributed by atoms with Crippen LogP contribution in [0.4, 0.5) is 0 Å². The molecule has 1 N–H and O–H groups in total. The zero-order valence-corrected chi connectivity index (χ0v) is 14.4. The van der Waals surface area contributed by atoms with E-state index in [1.165, 1.54) is 5.56 Å². The van der Waals surface area contributed by atoms with E-state index < -0.39 is 0 Å². The average Bonchev–Trinajstić information content (AvgIpc) is 2.45. The number of aryl methyl sites for hydroxylation is 1. The quantitative estimate of drug-likeness (QED) is 0.719. The molecule has 2 rings (SSSR count). The van der Waals surface area contributed by atoms with Crippen molar-refractivity contribution in [2.45, 2.75) is 26.3 Å². The molecular weight excluding hydrogens is 325 g/mol. The van der Waals surface area contributed by atoms with Gasteiger partial charge in [0.25, 0.3) is 0 Å². The summed E-state index contributed by atoms with van der Waals surface area (Å²) in [5.41, 5.74) is 3.23. The molecule has 0 saturated heterocycles. The van der Waals surface area contributed by atoms with Crippen molar-refractivity contribution in [1.29, 1.82) is 0 Å². The normalized spacial score (nSPS) is 12.4. The van der Waals surface area contributed by atoms with E-state index in [-0.39, 0.29) is 6.04 Å². The highest BCUT2D eigenvalue weighted by Gasteiger charge is 2.16. The fraction of sp³-hybridized carbons (Fsp3) is 0.294. The number of hydrogen-bond acceptors (Lipinski definition) is 1. The van der Waals surface area contributed by atoms with Crippen molar-refractivity contribution in [2.24, 2.45) is 0 Å². The minimum atomic E-state index is 0.156. The van der Waals surface area contributed by atoms with E-state index in [0.717, 1.165) is 29.1 Å². The first-order chi connectivity index (χ1) is 10.0. The second kappa shape index (κ2) is 7.51. The summed E-state index contributed by atoms with van der Waals surface area (Å²) in [6.45, 7) is 4.97. The lowest BCUT2D eigenvalue weighted by Gasteiger charge is -2.20. The highest BCUT2D eigenvalue weighted by atomic mass is 35.5. The highest BCUT2D eigenvalue weighted by Crippen LogP contribution is 2.30. The molecule has 0 bridgehead atoms. The third-order valence-corrected chi connectivity index (χ3v) is 4.64. The Morgan fingerprint density at radius 1 is 1.00 bits per heavy atom. The van der Waals surface area contributed by atoms with Crippen LogP contribution in [-0.2, 0) is 6.42 Å². The van der Waals surface area contributed by atoms with Crippen LogP contribution in [0.2, 0.25) is 15.1 Å². The van der Waals surface area contributed by atoms with Crippen LogP contribution in [0.5, 0.6) is 0 Å². The van der Waals surface area contributed by atoms with Gasteiger partial charge in [-0.25, -0.2) is 0 Å². The lowest BCUT2D eigenvalue weighted by atomic mass is 9.97. The van der Waals surface area contributed by atoms with E-state index in [0.29, 0.717) is 10.0 Å². The number of likely N-dealkylation sites (N-methyl/N-ethyl adjacent to an activating group) is 1. The molecule has 21 heavy (non-hydrogen) atoms. The molecule has 2 aromatic carbocycles. The molecule has 0 radical (unpaired) electrons. The molecule has 0 aliphatic heterocycles. The number of benzene rings is 2. The van der Waals surface area contributed by atoms with Crippen molar-refractivity contribution in [3.8, 4) is 0 Å². The molecule has 1 atom stereocenters. The van der Waals surface area contributed by atoms with Gasteiger partial charge in [-0.1, -0.05) is 59.9 Å². The second-order valence-electron chi connectivity index (χ2n) is 5.02. The molecule has 4 heteroatoms. The van der Waals surface area contributed by atoms with E-state index in [4.69, 9.17) is 34.8 Å². The molecule has 0 amide bonds. The van der Waals surface area contributed by atoms with Crippen LogP contribution in [0.15, 0.2) is 36.4 Å². The SMILES string of the molecule is CCNC(Cc1c(Cl)cccc1Cl)c1ccc(Cl)c(C)c1. The van der Waals surface area contributed by atoms with E-state index >= 15 is 0 Å². The Morgan fingerprint density at radius 2 is 1.67 bits per heavy atom. The van der Waals surface area contributed by atoms with Crippen LogP contribution >= 0.6 is 34.8 Å². The molecular formula is C17H18Cl3N. The van der Waals surface area contributed by atoms with Gasteiger partial charge in [-0.3, -0.25) is 0 Å². The first-order valence-corrected chi connectivity index (χ1v) is 8.08. The number of hydrogen-bond donors (Lipinski definition) is 1. The van der Waals surface area contributed by atoms with Crippen molar-refractivity contribution < 1.29 is 0 Å². The van der Waals surface area contributed by atoms with E-state index in [2.05, 4.69) is 18.3 Å². The van der Waals surface area contributed by atoms with Crippen LogP contribution < -0.4 is 5.32 Å². The van der Waals surface area contributed by atoms with E-state index in [9.17, 15) is 0 Å². The first-order valence-electron chi connectivity index (χ1n) is 6.95. The summed E-state index contributed by atoms with van der Waals surface area (Å²) in [5, 5.41) is 5.68. The lowest BCUT2D eigenvalue weighted by Crippen LogP contribution is -2.23.